The van der Waals surface area contributed by atoms with E-state index in [1.54, 1.807) is 6.08 Å². The smallest absolute Gasteiger partial charge is 0.247 e. The number of thioether (sulfide) groups is 1. The van der Waals surface area contributed by atoms with Crippen molar-refractivity contribution in [3.63, 3.8) is 0 Å². The molecule has 2 aliphatic rings. The van der Waals surface area contributed by atoms with Gasteiger partial charge in [0.05, 0.1) is 5.37 Å². The maximum atomic E-state index is 12.8. The lowest BCUT2D eigenvalue weighted by molar-refractivity contribution is -0.126. The van der Waals surface area contributed by atoms with Crippen LogP contribution < -0.4 is 0 Å². The molecule has 0 aliphatic carbocycles. The minimum Gasteiger partial charge on any atom is -0.361 e. The quantitative estimate of drug-likeness (QED) is 0.837. The van der Waals surface area contributed by atoms with Crippen molar-refractivity contribution in [1.82, 2.24) is 14.8 Å². The Balaban J connectivity index is 1.47. The molecule has 1 atom stereocenters. The van der Waals surface area contributed by atoms with Gasteiger partial charge in [0.2, 0.25) is 5.91 Å². The number of carbonyl (C=O) groups excluding carboxylic acids is 1. The zero-order valence-electron chi connectivity index (χ0n) is 14.9. The van der Waals surface area contributed by atoms with Gasteiger partial charge in [-0.25, -0.2) is 0 Å². The number of aromatic nitrogens is 1. The zero-order valence-corrected chi connectivity index (χ0v) is 15.7. The molecule has 5 heteroatoms. The fourth-order valence-corrected chi connectivity index (χ4v) is 5.61. The Morgan fingerprint density at radius 2 is 2.08 bits per heavy atom. The van der Waals surface area contributed by atoms with Gasteiger partial charge in [0.1, 0.15) is 0 Å². The van der Waals surface area contributed by atoms with Crippen molar-refractivity contribution in [2.45, 2.75) is 29.9 Å². The summed E-state index contributed by atoms with van der Waals surface area (Å²) in [7, 11) is 2.18. The fraction of sp³-hybridized carbons (Fsp3) is 0.450. The van der Waals surface area contributed by atoms with E-state index in [1.807, 2.05) is 41.1 Å². The summed E-state index contributed by atoms with van der Waals surface area (Å²) in [5.41, 5.74) is 2.17. The topological polar surface area (TPSA) is 39.3 Å². The van der Waals surface area contributed by atoms with E-state index in [0.717, 1.165) is 36.1 Å². The Labute approximate surface area is 153 Å². The van der Waals surface area contributed by atoms with Gasteiger partial charge in [-0.2, -0.15) is 0 Å². The van der Waals surface area contributed by atoms with E-state index >= 15 is 0 Å². The molecule has 1 spiro atoms. The molecule has 2 aromatic rings. The number of H-pyrrole nitrogens is 1. The van der Waals surface area contributed by atoms with Gasteiger partial charge in [-0.05, 0) is 57.6 Å². The average molecular weight is 356 g/mol. The number of amides is 1. The van der Waals surface area contributed by atoms with Gasteiger partial charge in [-0.15, -0.1) is 11.8 Å². The molecule has 25 heavy (non-hydrogen) atoms. The van der Waals surface area contributed by atoms with Crippen molar-refractivity contribution in [3.8, 4) is 0 Å². The molecule has 0 radical (unpaired) electrons. The van der Waals surface area contributed by atoms with E-state index in [4.69, 9.17) is 0 Å². The molecular formula is C20H25N3OS. The number of likely N-dealkylation sites (tertiary alicyclic amines) is 1. The molecule has 3 heterocycles. The Hall–Kier alpha value is -1.72. The van der Waals surface area contributed by atoms with Crippen LogP contribution in [0.5, 0.6) is 0 Å². The Kier molecular flexibility index (Phi) is 4.38. The predicted molar refractivity (Wildman–Crippen MR) is 106 cm³/mol. The number of hydrogen-bond acceptors (Lipinski definition) is 3. The molecule has 132 valence electrons. The summed E-state index contributed by atoms with van der Waals surface area (Å²) in [5, 5.41) is 1.41. The van der Waals surface area contributed by atoms with Crippen LogP contribution in [0.25, 0.3) is 17.0 Å². The van der Waals surface area contributed by atoms with Gasteiger partial charge < -0.3 is 14.8 Å². The summed E-state index contributed by atoms with van der Waals surface area (Å²) in [5.74, 6) is 0.126. The minimum absolute atomic E-state index is 0.126. The number of piperidine rings is 1. The molecule has 2 saturated heterocycles. The maximum Gasteiger partial charge on any atom is 0.247 e. The van der Waals surface area contributed by atoms with Crippen LogP contribution in [-0.4, -0.2) is 57.5 Å². The van der Waals surface area contributed by atoms with Crippen LogP contribution in [0.1, 0.15) is 25.3 Å². The number of carbonyl (C=O) groups is 1. The number of fused-ring (bicyclic) bond motifs is 1. The summed E-state index contributed by atoms with van der Waals surface area (Å²) in [6.45, 7) is 5.30. The van der Waals surface area contributed by atoms with Crippen molar-refractivity contribution < 1.29 is 4.79 Å². The van der Waals surface area contributed by atoms with Gasteiger partial charge in [0.15, 0.2) is 0 Å². The first kappa shape index (κ1) is 16.7. The largest absolute Gasteiger partial charge is 0.361 e. The SMILES string of the molecule is CC1SC2(CCN(C)CC2)CN1C(=O)/C=C/c1c[nH]c2ccccc12. The van der Waals surface area contributed by atoms with E-state index in [1.165, 1.54) is 12.8 Å². The number of benzene rings is 1. The number of nitrogens with zero attached hydrogens (tertiary/aromatic N) is 2. The van der Waals surface area contributed by atoms with Crippen LogP contribution in [0.15, 0.2) is 36.5 Å². The second-order valence-corrected chi connectivity index (χ2v) is 9.08. The molecule has 1 aromatic heterocycles. The summed E-state index contributed by atoms with van der Waals surface area (Å²) >= 11 is 1.99. The molecule has 1 unspecified atom stereocenters. The highest BCUT2D eigenvalue weighted by Crippen LogP contribution is 2.46. The highest BCUT2D eigenvalue weighted by atomic mass is 32.2. The fourth-order valence-electron chi connectivity index (χ4n) is 3.95. The molecule has 0 bridgehead atoms. The van der Waals surface area contributed by atoms with Gasteiger partial charge in [0, 0.05) is 34.5 Å². The van der Waals surface area contributed by atoms with Crippen molar-refractivity contribution in [3.05, 3.63) is 42.1 Å². The van der Waals surface area contributed by atoms with Crippen LogP contribution in [0, 0.1) is 0 Å². The lowest BCUT2D eigenvalue weighted by Crippen LogP contribution is -2.44. The molecule has 1 aromatic carbocycles. The molecule has 0 saturated carbocycles. The zero-order chi connectivity index (χ0) is 17.4. The first-order valence-electron chi connectivity index (χ1n) is 8.98. The molecule has 1 N–H and O–H groups in total. The summed E-state index contributed by atoms with van der Waals surface area (Å²) < 4.78 is 0.260. The lowest BCUT2D eigenvalue weighted by atomic mass is 9.95. The van der Waals surface area contributed by atoms with Gasteiger partial charge in [0.25, 0.3) is 0 Å². The molecular weight excluding hydrogens is 330 g/mol. The standard InChI is InChI=1S/C20H25N3OS/c1-15-23(14-20(25-15)9-11-22(2)12-10-20)19(24)8-7-16-13-21-18-6-4-3-5-17(16)18/h3-8,13,15,21H,9-12,14H2,1-2H3/b8-7+. The van der Waals surface area contributed by atoms with Gasteiger partial charge in [-0.3, -0.25) is 4.79 Å². The van der Waals surface area contributed by atoms with Crippen LogP contribution in [-0.2, 0) is 4.79 Å². The van der Waals surface area contributed by atoms with E-state index in [9.17, 15) is 4.79 Å². The third-order valence-electron chi connectivity index (χ3n) is 5.53. The van der Waals surface area contributed by atoms with E-state index in [-0.39, 0.29) is 16.0 Å². The highest BCUT2D eigenvalue weighted by molar-refractivity contribution is 8.01. The molecule has 2 fully saturated rings. The van der Waals surface area contributed by atoms with Crippen LogP contribution in [0.3, 0.4) is 0 Å². The third kappa shape index (κ3) is 3.23. The molecule has 4 rings (SSSR count). The van der Waals surface area contributed by atoms with Crippen molar-refractivity contribution in [1.29, 1.82) is 0 Å². The van der Waals surface area contributed by atoms with E-state index in [2.05, 4.69) is 36.0 Å². The summed E-state index contributed by atoms with van der Waals surface area (Å²) in [6, 6.07) is 8.18. The van der Waals surface area contributed by atoms with Crippen LogP contribution >= 0.6 is 11.8 Å². The number of rotatable bonds is 2. The second kappa shape index (κ2) is 6.54. The van der Waals surface area contributed by atoms with Gasteiger partial charge >= 0.3 is 0 Å². The maximum absolute atomic E-state index is 12.8. The number of para-hydroxylation sites is 1. The number of aromatic amines is 1. The van der Waals surface area contributed by atoms with Crippen molar-refractivity contribution in [2.75, 3.05) is 26.7 Å². The normalized spacial score (nSPS) is 23.9. The first-order chi connectivity index (χ1) is 12.1. The third-order valence-corrected chi connectivity index (χ3v) is 7.16. The monoisotopic (exact) mass is 355 g/mol. The van der Waals surface area contributed by atoms with Crippen LogP contribution in [0.2, 0.25) is 0 Å². The Morgan fingerprint density at radius 3 is 2.88 bits per heavy atom. The lowest BCUT2D eigenvalue weighted by Gasteiger charge is -2.36. The van der Waals surface area contributed by atoms with E-state index < -0.39 is 0 Å². The predicted octanol–water partition coefficient (Wildman–Crippen LogP) is 3.57. The first-order valence-corrected chi connectivity index (χ1v) is 9.85. The highest BCUT2D eigenvalue weighted by Gasteiger charge is 2.45. The summed E-state index contributed by atoms with van der Waals surface area (Å²) in [6.07, 6.45) is 8.00. The Bertz CT molecular complexity index is 804. The molecule has 1 amide bonds. The van der Waals surface area contributed by atoms with E-state index in [0.29, 0.717) is 0 Å². The van der Waals surface area contributed by atoms with Gasteiger partial charge in [-0.1, -0.05) is 18.2 Å². The van der Waals surface area contributed by atoms with Crippen molar-refractivity contribution in [2.24, 2.45) is 0 Å². The Morgan fingerprint density at radius 1 is 1.32 bits per heavy atom. The molecule has 4 nitrogen and oxygen atoms in total. The van der Waals surface area contributed by atoms with Crippen LogP contribution in [0.4, 0.5) is 0 Å². The summed E-state index contributed by atoms with van der Waals surface area (Å²) in [4.78, 5) is 20.5. The minimum atomic E-state index is 0.126. The molecule has 2 aliphatic heterocycles. The number of hydrogen-bond donors (Lipinski definition) is 1. The second-order valence-electron chi connectivity index (χ2n) is 7.29. The number of nitrogens with one attached hydrogen (secondary N) is 1. The van der Waals surface area contributed by atoms with Crippen molar-refractivity contribution >= 4 is 34.6 Å². The average Bonchev–Trinajstić information content (AvgIpc) is 3.17.